The van der Waals surface area contributed by atoms with E-state index >= 15 is 0 Å². The van der Waals surface area contributed by atoms with Crippen molar-refractivity contribution in [3.63, 3.8) is 0 Å². The van der Waals surface area contributed by atoms with Crippen LogP contribution in [0.3, 0.4) is 0 Å². The van der Waals surface area contributed by atoms with Crippen LogP contribution in [0.15, 0.2) is 18.2 Å². The monoisotopic (exact) mass is 264 g/mol. The Morgan fingerprint density at radius 1 is 1.44 bits per heavy atom. The molecule has 4 heteroatoms. The molecule has 1 aromatic carbocycles. The van der Waals surface area contributed by atoms with Gasteiger partial charge in [-0.25, -0.2) is 4.98 Å². The third-order valence-electron chi connectivity index (χ3n) is 3.77. The lowest BCUT2D eigenvalue weighted by atomic mass is 10.2. The third kappa shape index (κ3) is 1.69. The van der Waals surface area contributed by atoms with Crippen LogP contribution in [0.25, 0.3) is 11.0 Å². The van der Waals surface area contributed by atoms with Crippen LogP contribution in [0.4, 0.5) is 0 Å². The Hall–Kier alpha value is -1.22. The second-order valence-electron chi connectivity index (χ2n) is 5.13. The van der Waals surface area contributed by atoms with Gasteiger partial charge in [-0.2, -0.15) is 0 Å². The van der Waals surface area contributed by atoms with Gasteiger partial charge in [0.1, 0.15) is 17.1 Å². The molecule has 0 atom stereocenters. The second-order valence-corrected chi connectivity index (χ2v) is 5.51. The lowest BCUT2D eigenvalue weighted by molar-refractivity contribution is 0.419. The number of para-hydroxylation sites is 1. The van der Waals surface area contributed by atoms with E-state index in [9.17, 15) is 0 Å². The summed E-state index contributed by atoms with van der Waals surface area (Å²) in [6.45, 7) is 2.28. The number of nitrogens with zero attached hydrogens (tertiary/aromatic N) is 2. The normalized spacial score (nSPS) is 17.1. The van der Waals surface area contributed by atoms with Gasteiger partial charge in [-0.15, -0.1) is 11.6 Å². The second kappa shape index (κ2) is 4.16. The summed E-state index contributed by atoms with van der Waals surface area (Å²) < 4.78 is 7.75. The maximum absolute atomic E-state index is 5.90. The number of halogens is 1. The van der Waals surface area contributed by atoms with E-state index in [-0.39, 0.29) is 5.54 Å². The highest BCUT2D eigenvalue weighted by molar-refractivity contribution is 6.17. The molecular weight excluding hydrogens is 248 g/mol. The largest absolute Gasteiger partial charge is 0.494 e. The van der Waals surface area contributed by atoms with Gasteiger partial charge in [0.2, 0.25) is 0 Å². The number of hydrogen-bond acceptors (Lipinski definition) is 2. The Kier molecular flexibility index (Phi) is 2.74. The molecule has 0 bridgehead atoms. The Morgan fingerprint density at radius 2 is 2.22 bits per heavy atom. The molecule has 0 N–H and O–H groups in total. The molecule has 18 heavy (non-hydrogen) atoms. The van der Waals surface area contributed by atoms with Crippen molar-refractivity contribution in [1.29, 1.82) is 0 Å². The minimum absolute atomic E-state index is 0.225. The van der Waals surface area contributed by atoms with Crippen molar-refractivity contribution >= 4 is 22.6 Å². The van der Waals surface area contributed by atoms with Crippen molar-refractivity contribution in [1.82, 2.24) is 9.55 Å². The van der Waals surface area contributed by atoms with E-state index in [1.165, 1.54) is 12.8 Å². The molecule has 2 aromatic rings. The number of fused-ring (bicyclic) bond motifs is 1. The molecule has 1 aliphatic rings. The third-order valence-corrected chi connectivity index (χ3v) is 3.96. The molecule has 1 aliphatic carbocycles. The van der Waals surface area contributed by atoms with Gasteiger partial charge in [0, 0.05) is 17.8 Å². The average molecular weight is 265 g/mol. The zero-order valence-electron chi connectivity index (χ0n) is 10.7. The number of imidazole rings is 1. The molecule has 0 radical (unpaired) electrons. The van der Waals surface area contributed by atoms with Crippen LogP contribution in [-0.4, -0.2) is 22.5 Å². The summed E-state index contributed by atoms with van der Waals surface area (Å²) >= 11 is 5.90. The van der Waals surface area contributed by atoms with Gasteiger partial charge in [-0.1, -0.05) is 6.07 Å². The van der Waals surface area contributed by atoms with Crippen LogP contribution in [0.1, 0.15) is 25.6 Å². The summed E-state index contributed by atoms with van der Waals surface area (Å²) in [7, 11) is 1.69. The van der Waals surface area contributed by atoms with Gasteiger partial charge >= 0.3 is 0 Å². The summed E-state index contributed by atoms with van der Waals surface area (Å²) in [5.74, 6) is 2.51. The number of aromatic nitrogens is 2. The van der Waals surface area contributed by atoms with E-state index in [1.54, 1.807) is 7.11 Å². The number of hydrogen-bond donors (Lipinski definition) is 0. The predicted molar refractivity (Wildman–Crippen MR) is 73.6 cm³/mol. The molecule has 0 saturated heterocycles. The SMILES string of the molecule is COc1cccc2c1nc(CCCl)n2C1(C)CC1. The predicted octanol–water partition coefficient (Wildman–Crippen LogP) is 3.34. The number of methoxy groups -OCH3 is 1. The summed E-state index contributed by atoms with van der Waals surface area (Å²) in [6.07, 6.45) is 3.23. The molecule has 3 nitrogen and oxygen atoms in total. The van der Waals surface area contributed by atoms with Gasteiger partial charge in [0.25, 0.3) is 0 Å². The summed E-state index contributed by atoms with van der Waals surface area (Å²) in [5, 5.41) is 0. The van der Waals surface area contributed by atoms with Crippen LogP contribution >= 0.6 is 11.6 Å². The van der Waals surface area contributed by atoms with Crippen LogP contribution in [0.2, 0.25) is 0 Å². The van der Waals surface area contributed by atoms with E-state index in [4.69, 9.17) is 21.3 Å². The molecule has 0 aliphatic heterocycles. The van der Waals surface area contributed by atoms with Crippen molar-refractivity contribution in [2.75, 3.05) is 13.0 Å². The van der Waals surface area contributed by atoms with Crippen LogP contribution in [-0.2, 0) is 12.0 Å². The average Bonchev–Trinajstić information content (AvgIpc) is 2.99. The highest BCUT2D eigenvalue weighted by Crippen LogP contribution is 2.46. The molecule has 1 aromatic heterocycles. The maximum atomic E-state index is 5.90. The zero-order valence-corrected chi connectivity index (χ0v) is 11.5. The van der Waals surface area contributed by atoms with E-state index in [2.05, 4.69) is 17.6 Å². The Morgan fingerprint density at radius 3 is 2.83 bits per heavy atom. The molecule has 3 rings (SSSR count). The number of rotatable bonds is 4. The van der Waals surface area contributed by atoms with Crippen molar-refractivity contribution in [2.24, 2.45) is 0 Å². The van der Waals surface area contributed by atoms with Crippen molar-refractivity contribution in [2.45, 2.75) is 31.7 Å². The zero-order chi connectivity index (χ0) is 12.8. The first-order valence-corrected chi connectivity index (χ1v) is 6.84. The molecule has 1 heterocycles. The van der Waals surface area contributed by atoms with Gasteiger partial charge in [-0.05, 0) is 31.9 Å². The fraction of sp³-hybridized carbons (Fsp3) is 0.500. The number of aryl methyl sites for hydroxylation is 1. The summed E-state index contributed by atoms with van der Waals surface area (Å²) in [4.78, 5) is 4.73. The standard InChI is InChI=1S/C14H17ClN2O/c1-14(7-8-14)17-10-4-3-5-11(18-2)13(10)16-12(17)6-9-15/h3-5H,6-9H2,1-2H3. The van der Waals surface area contributed by atoms with E-state index in [0.29, 0.717) is 5.88 Å². The van der Waals surface area contributed by atoms with Crippen LogP contribution in [0.5, 0.6) is 5.75 Å². The molecular formula is C14H17ClN2O. The van der Waals surface area contributed by atoms with Crippen molar-refractivity contribution in [3.8, 4) is 5.75 Å². The molecule has 0 unspecified atom stereocenters. The van der Waals surface area contributed by atoms with Gasteiger partial charge in [-0.3, -0.25) is 0 Å². The first kappa shape index (κ1) is 11.8. The number of alkyl halides is 1. The molecule has 0 amide bonds. The number of ether oxygens (including phenoxy) is 1. The molecule has 96 valence electrons. The molecule has 0 spiro atoms. The fourth-order valence-corrected chi connectivity index (χ4v) is 2.71. The maximum Gasteiger partial charge on any atom is 0.146 e. The van der Waals surface area contributed by atoms with Crippen molar-refractivity contribution in [3.05, 3.63) is 24.0 Å². The minimum Gasteiger partial charge on any atom is -0.494 e. The van der Waals surface area contributed by atoms with E-state index < -0.39 is 0 Å². The fourth-order valence-electron chi connectivity index (χ4n) is 2.55. The molecule has 1 saturated carbocycles. The number of benzene rings is 1. The topological polar surface area (TPSA) is 27.1 Å². The Bertz CT molecular complexity index is 587. The van der Waals surface area contributed by atoms with Gasteiger partial charge in [0.15, 0.2) is 0 Å². The minimum atomic E-state index is 0.225. The lowest BCUT2D eigenvalue weighted by Crippen LogP contribution is -2.16. The quantitative estimate of drug-likeness (QED) is 0.792. The van der Waals surface area contributed by atoms with E-state index in [0.717, 1.165) is 29.0 Å². The van der Waals surface area contributed by atoms with Crippen LogP contribution < -0.4 is 4.74 Å². The van der Waals surface area contributed by atoms with Gasteiger partial charge in [0.05, 0.1) is 12.6 Å². The molecule has 1 fully saturated rings. The highest BCUT2D eigenvalue weighted by Gasteiger charge is 2.41. The lowest BCUT2D eigenvalue weighted by Gasteiger charge is -2.15. The highest BCUT2D eigenvalue weighted by atomic mass is 35.5. The van der Waals surface area contributed by atoms with E-state index in [1.807, 2.05) is 12.1 Å². The Balaban J connectivity index is 2.26. The Labute approximate surface area is 112 Å². The van der Waals surface area contributed by atoms with Gasteiger partial charge < -0.3 is 9.30 Å². The van der Waals surface area contributed by atoms with Crippen molar-refractivity contribution < 1.29 is 4.74 Å². The summed E-state index contributed by atoms with van der Waals surface area (Å²) in [5.41, 5.74) is 2.34. The summed E-state index contributed by atoms with van der Waals surface area (Å²) in [6, 6.07) is 6.10. The smallest absolute Gasteiger partial charge is 0.146 e. The first-order chi connectivity index (χ1) is 8.69. The van der Waals surface area contributed by atoms with Crippen LogP contribution in [0, 0.1) is 0 Å². The first-order valence-electron chi connectivity index (χ1n) is 6.30.